The molecule has 2 nitrogen and oxygen atoms in total. The van der Waals surface area contributed by atoms with Crippen molar-refractivity contribution >= 4 is 0 Å². The Morgan fingerprint density at radius 3 is 2.58 bits per heavy atom. The number of nitrogens with two attached hydrogens (primary N) is 1. The van der Waals surface area contributed by atoms with Gasteiger partial charge in [0.2, 0.25) is 0 Å². The SMILES string of the molecule is CC(C)C1CCCC(CN)(N2CC3CCC2C3)CC1. The van der Waals surface area contributed by atoms with E-state index in [1.165, 1.54) is 57.9 Å². The highest BCUT2D eigenvalue weighted by Gasteiger charge is 2.48. The van der Waals surface area contributed by atoms with Crippen molar-refractivity contribution in [1.29, 1.82) is 0 Å². The van der Waals surface area contributed by atoms with Gasteiger partial charge in [0.1, 0.15) is 0 Å². The smallest absolute Gasteiger partial charge is 0.0334 e. The summed E-state index contributed by atoms with van der Waals surface area (Å²) in [5.74, 6) is 2.79. The lowest BCUT2D eigenvalue weighted by atomic mass is 9.84. The van der Waals surface area contributed by atoms with Crippen molar-refractivity contribution in [3.8, 4) is 0 Å². The first-order valence-corrected chi connectivity index (χ1v) is 8.61. The second kappa shape index (κ2) is 5.37. The van der Waals surface area contributed by atoms with Gasteiger partial charge in [-0.05, 0) is 56.3 Å². The van der Waals surface area contributed by atoms with Gasteiger partial charge in [-0.15, -0.1) is 0 Å². The molecule has 0 aromatic rings. The van der Waals surface area contributed by atoms with Crippen LogP contribution in [0.5, 0.6) is 0 Å². The van der Waals surface area contributed by atoms with E-state index in [0.717, 1.165) is 30.3 Å². The van der Waals surface area contributed by atoms with Gasteiger partial charge in [0.05, 0.1) is 0 Å². The molecule has 3 aliphatic rings. The van der Waals surface area contributed by atoms with Gasteiger partial charge < -0.3 is 5.73 Å². The first kappa shape index (κ1) is 13.9. The molecule has 2 heteroatoms. The predicted octanol–water partition coefficient (Wildman–Crippen LogP) is 3.40. The molecule has 3 rings (SSSR count). The van der Waals surface area contributed by atoms with Crippen LogP contribution >= 0.6 is 0 Å². The van der Waals surface area contributed by atoms with Crippen LogP contribution in [0.4, 0.5) is 0 Å². The molecule has 0 aromatic heterocycles. The van der Waals surface area contributed by atoms with Gasteiger partial charge in [-0.2, -0.15) is 0 Å². The summed E-state index contributed by atoms with van der Waals surface area (Å²) in [5, 5.41) is 0. The molecule has 0 radical (unpaired) electrons. The second-order valence-electron chi connectivity index (χ2n) is 7.85. The molecule has 2 aliphatic carbocycles. The summed E-state index contributed by atoms with van der Waals surface area (Å²) < 4.78 is 0. The van der Waals surface area contributed by atoms with E-state index in [0.29, 0.717) is 5.54 Å². The predicted molar refractivity (Wildman–Crippen MR) is 81.0 cm³/mol. The van der Waals surface area contributed by atoms with Gasteiger partial charge in [-0.25, -0.2) is 0 Å². The fourth-order valence-electron chi connectivity index (χ4n) is 5.20. The van der Waals surface area contributed by atoms with E-state index in [1.54, 1.807) is 0 Å². The Balaban J connectivity index is 1.72. The normalized spacial score (nSPS) is 43.9. The monoisotopic (exact) mass is 264 g/mol. The van der Waals surface area contributed by atoms with Crippen LogP contribution in [0.1, 0.15) is 65.2 Å². The highest BCUT2D eigenvalue weighted by atomic mass is 15.3. The van der Waals surface area contributed by atoms with Crippen LogP contribution in [-0.2, 0) is 0 Å². The van der Waals surface area contributed by atoms with Crippen molar-refractivity contribution in [3.05, 3.63) is 0 Å². The van der Waals surface area contributed by atoms with Crippen molar-refractivity contribution in [1.82, 2.24) is 4.90 Å². The Bertz CT molecular complexity index is 314. The van der Waals surface area contributed by atoms with Crippen LogP contribution in [-0.4, -0.2) is 29.6 Å². The standard InChI is InChI=1S/C17H32N2/c1-13(2)15-4-3-8-17(12-18,9-7-15)19-11-14-5-6-16(19)10-14/h13-16H,3-12,18H2,1-2H3. The average molecular weight is 264 g/mol. The average Bonchev–Trinajstić information content (AvgIpc) is 2.96. The van der Waals surface area contributed by atoms with Crippen molar-refractivity contribution in [2.45, 2.75) is 76.8 Å². The van der Waals surface area contributed by atoms with Crippen LogP contribution in [0.25, 0.3) is 0 Å². The van der Waals surface area contributed by atoms with Gasteiger partial charge in [0.15, 0.2) is 0 Å². The lowest BCUT2D eigenvalue weighted by Gasteiger charge is -2.46. The summed E-state index contributed by atoms with van der Waals surface area (Å²) in [6.45, 7) is 7.05. The minimum atomic E-state index is 0.365. The summed E-state index contributed by atoms with van der Waals surface area (Å²) in [7, 11) is 0. The molecular formula is C17H32N2. The van der Waals surface area contributed by atoms with Gasteiger partial charge >= 0.3 is 0 Å². The topological polar surface area (TPSA) is 29.3 Å². The minimum Gasteiger partial charge on any atom is -0.329 e. The first-order valence-electron chi connectivity index (χ1n) is 8.61. The first-order chi connectivity index (χ1) is 9.14. The third-order valence-electron chi connectivity index (χ3n) is 6.54. The largest absolute Gasteiger partial charge is 0.329 e. The van der Waals surface area contributed by atoms with Crippen molar-refractivity contribution in [2.24, 2.45) is 23.5 Å². The van der Waals surface area contributed by atoms with Crippen molar-refractivity contribution in [2.75, 3.05) is 13.1 Å². The molecule has 0 amide bonds. The molecular weight excluding hydrogens is 232 g/mol. The van der Waals surface area contributed by atoms with Crippen molar-refractivity contribution in [3.63, 3.8) is 0 Å². The number of hydrogen-bond acceptors (Lipinski definition) is 2. The summed E-state index contributed by atoms with van der Waals surface area (Å²) in [6, 6.07) is 0.879. The third kappa shape index (κ3) is 2.47. The Hall–Kier alpha value is -0.0800. The molecule has 19 heavy (non-hydrogen) atoms. The number of likely N-dealkylation sites (tertiary alicyclic amines) is 1. The zero-order chi connectivity index (χ0) is 13.5. The number of rotatable bonds is 3. The van der Waals surface area contributed by atoms with E-state index < -0.39 is 0 Å². The maximum atomic E-state index is 6.30. The molecule has 2 bridgehead atoms. The Labute approximate surface area is 119 Å². The van der Waals surface area contributed by atoms with Crippen LogP contribution < -0.4 is 5.73 Å². The van der Waals surface area contributed by atoms with Gasteiger partial charge in [-0.1, -0.05) is 26.7 Å². The molecule has 3 fully saturated rings. The molecule has 0 spiro atoms. The van der Waals surface area contributed by atoms with Crippen LogP contribution in [0.15, 0.2) is 0 Å². The zero-order valence-corrected chi connectivity index (χ0v) is 12.9. The van der Waals surface area contributed by atoms with Gasteiger partial charge in [0, 0.05) is 24.7 Å². The molecule has 4 unspecified atom stereocenters. The van der Waals surface area contributed by atoms with E-state index in [2.05, 4.69) is 18.7 Å². The third-order valence-corrected chi connectivity index (χ3v) is 6.54. The molecule has 2 saturated carbocycles. The van der Waals surface area contributed by atoms with Gasteiger partial charge in [0.25, 0.3) is 0 Å². The lowest BCUT2D eigenvalue weighted by Crippen LogP contribution is -2.56. The van der Waals surface area contributed by atoms with E-state index in [-0.39, 0.29) is 0 Å². The van der Waals surface area contributed by atoms with E-state index in [4.69, 9.17) is 5.73 Å². The quantitative estimate of drug-likeness (QED) is 0.792. The van der Waals surface area contributed by atoms with Crippen LogP contribution in [0.3, 0.4) is 0 Å². The molecule has 1 saturated heterocycles. The maximum Gasteiger partial charge on any atom is 0.0334 e. The lowest BCUT2D eigenvalue weighted by molar-refractivity contribution is 0.0460. The van der Waals surface area contributed by atoms with Crippen molar-refractivity contribution < 1.29 is 0 Å². The molecule has 0 aromatic carbocycles. The number of nitrogens with zero attached hydrogens (tertiary/aromatic N) is 1. The number of hydrogen-bond donors (Lipinski definition) is 1. The minimum absolute atomic E-state index is 0.365. The molecule has 2 N–H and O–H groups in total. The van der Waals surface area contributed by atoms with Crippen LogP contribution in [0.2, 0.25) is 0 Å². The fourth-order valence-corrected chi connectivity index (χ4v) is 5.20. The van der Waals surface area contributed by atoms with E-state index >= 15 is 0 Å². The highest BCUT2D eigenvalue weighted by Crippen LogP contribution is 2.46. The summed E-state index contributed by atoms with van der Waals surface area (Å²) in [5.41, 5.74) is 6.66. The highest BCUT2D eigenvalue weighted by molar-refractivity contribution is 5.04. The Kier molecular flexibility index (Phi) is 3.92. The van der Waals surface area contributed by atoms with E-state index in [9.17, 15) is 0 Å². The zero-order valence-electron chi connectivity index (χ0n) is 12.9. The number of piperidine rings is 1. The summed E-state index contributed by atoms with van der Waals surface area (Å²) in [6.07, 6.45) is 11.3. The molecule has 1 heterocycles. The van der Waals surface area contributed by atoms with Gasteiger partial charge in [-0.3, -0.25) is 4.90 Å². The second-order valence-corrected chi connectivity index (χ2v) is 7.85. The number of fused-ring (bicyclic) bond motifs is 2. The Morgan fingerprint density at radius 2 is 2.00 bits per heavy atom. The molecule has 4 atom stereocenters. The van der Waals surface area contributed by atoms with E-state index in [1.807, 2.05) is 0 Å². The summed E-state index contributed by atoms with van der Waals surface area (Å²) >= 11 is 0. The maximum absolute atomic E-state index is 6.30. The summed E-state index contributed by atoms with van der Waals surface area (Å²) in [4.78, 5) is 2.86. The van der Waals surface area contributed by atoms with Crippen LogP contribution in [0, 0.1) is 17.8 Å². The molecule has 1 aliphatic heterocycles. The molecule has 110 valence electrons. The Morgan fingerprint density at radius 1 is 1.16 bits per heavy atom. The fraction of sp³-hybridized carbons (Fsp3) is 1.00.